The van der Waals surface area contributed by atoms with Gasteiger partial charge in [-0.2, -0.15) is 0 Å². The Morgan fingerprint density at radius 2 is 1.54 bits per heavy atom. The maximum atomic E-state index is 12.5. The maximum Gasteiger partial charge on any atom is 0.223 e. The van der Waals surface area contributed by atoms with Crippen molar-refractivity contribution in [2.45, 2.75) is 19.8 Å². The lowest BCUT2D eigenvalue weighted by atomic mass is 10.1. The summed E-state index contributed by atoms with van der Waals surface area (Å²) in [5.41, 5.74) is 2.84. The van der Waals surface area contributed by atoms with Crippen LogP contribution in [0.5, 0.6) is 5.75 Å². The molecule has 0 spiro atoms. The Hall–Kier alpha value is -2.82. The number of hydrogen-bond acceptors (Lipinski definition) is 4. The van der Waals surface area contributed by atoms with Crippen LogP contribution in [-0.4, -0.2) is 47.9 Å². The van der Waals surface area contributed by atoms with Gasteiger partial charge in [-0.05, 0) is 43.2 Å². The number of ketones is 1. The molecule has 1 N–H and O–H groups in total. The number of phenolic OH excluding ortho intramolecular Hbond substituents is 1. The average Bonchev–Trinajstić information content (AvgIpc) is 2.67. The number of rotatable bonds is 5. The molecule has 0 atom stereocenters. The Morgan fingerprint density at radius 3 is 2.12 bits per heavy atom. The van der Waals surface area contributed by atoms with E-state index in [1.807, 2.05) is 41.3 Å². The van der Waals surface area contributed by atoms with E-state index in [0.29, 0.717) is 31.5 Å². The van der Waals surface area contributed by atoms with Gasteiger partial charge in [0.1, 0.15) is 5.75 Å². The third kappa shape index (κ3) is 4.42. The number of anilines is 1. The predicted octanol–water partition coefficient (Wildman–Crippen LogP) is 2.88. The van der Waals surface area contributed by atoms with E-state index in [0.717, 1.165) is 24.3 Å². The Labute approximate surface area is 153 Å². The summed E-state index contributed by atoms with van der Waals surface area (Å²) in [6.45, 7) is 4.57. The van der Waals surface area contributed by atoms with Gasteiger partial charge in [0.2, 0.25) is 5.91 Å². The van der Waals surface area contributed by atoms with Crippen molar-refractivity contribution in [1.82, 2.24) is 4.90 Å². The Bertz CT molecular complexity index is 761. The van der Waals surface area contributed by atoms with Crippen molar-refractivity contribution in [3.05, 3.63) is 59.7 Å². The number of amides is 1. The summed E-state index contributed by atoms with van der Waals surface area (Å²) in [6, 6.07) is 14.7. The SMILES string of the molecule is CC(=O)c1ccc(CCC(=O)N2CCN(c3ccc(O)cc3)CC2)cc1. The lowest BCUT2D eigenvalue weighted by molar-refractivity contribution is -0.131. The van der Waals surface area contributed by atoms with E-state index in [1.54, 1.807) is 19.1 Å². The summed E-state index contributed by atoms with van der Waals surface area (Å²) in [4.78, 5) is 27.9. The number of nitrogens with zero attached hydrogens (tertiary/aromatic N) is 2. The van der Waals surface area contributed by atoms with Crippen molar-refractivity contribution in [2.75, 3.05) is 31.1 Å². The van der Waals surface area contributed by atoms with Crippen molar-refractivity contribution in [3.8, 4) is 5.75 Å². The minimum atomic E-state index is 0.0547. The second kappa shape index (κ2) is 8.04. The number of aryl methyl sites for hydroxylation is 1. The van der Waals surface area contributed by atoms with Gasteiger partial charge in [0.25, 0.3) is 0 Å². The zero-order chi connectivity index (χ0) is 18.5. The van der Waals surface area contributed by atoms with Gasteiger partial charge in [-0.3, -0.25) is 9.59 Å². The van der Waals surface area contributed by atoms with Crippen LogP contribution < -0.4 is 4.90 Å². The first-order valence-electron chi connectivity index (χ1n) is 8.94. The normalized spacial score (nSPS) is 14.3. The number of piperazine rings is 1. The highest BCUT2D eigenvalue weighted by Crippen LogP contribution is 2.20. The smallest absolute Gasteiger partial charge is 0.223 e. The number of aromatic hydroxyl groups is 1. The highest BCUT2D eigenvalue weighted by molar-refractivity contribution is 5.94. The molecule has 1 amide bonds. The van der Waals surface area contributed by atoms with Crippen LogP contribution in [0.1, 0.15) is 29.3 Å². The van der Waals surface area contributed by atoms with Gasteiger partial charge >= 0.3 is 0 Å². The fourth-order valence-corrected chi connectivity index (χ4v) is 3.19. The molecule has 0 bridgehead atoms. The van der Waals surface area contributed by atoms with Crippen molar-refractivity contribution in [3.63, 3.8) is 0 Å². The lowest BCUT2D eigenvalue weighted by Gasteiger charge is -2.36. The van der Waals surface area contributed by atoms with Crippen LogP contribution in [0.2, 0.25) is 0 Å². The molecule has 1 aliphatic rings. The lowest BCUT2D eigenvalue weighted by Crippen LogP contribution is -2.48. The third-order valence-electron chi connectivity index (χ3n) is 4.84. The fraction of sp³-hybridized carbons (Fsp3) is 0.333. The molecule has 0 radical (unpaired) electrons. The highest BCUT2D eigenvalue weighted by atomic mass is 16.3. The molecule has 2 aromatic rings. The number of benzene rings is 2. The van der Waals surface area contributed by atoms with Gasteiger partial charge in [0, 0.05) is 43.9 Å². The summed E-state index contributed by atoms with van der Waals surface area (Å²) in [5, 5.41) is 9.38. The van der Waals surface area contributed by atoms with E-state index >= 15 is 0 Å². The molecule has 5 heteroatoms. The number of phenols is 1. The number of hydrogen-bond donors (Lipinski definition) is 1. The molecule has 1 heterocycles. The zero-order valence-electron chi connectivity index (χ0n) is 15.0. The summed E-state index contributed by atoms with van der Waals surface area (Å²) in [6.07, 6.45) is 1.17. The van der Waals surface area contributed by atoms with Crippen molar-refractivity contribution < 1.29 is 14.7 Å². The van der Waals surface area contributed by atoms with Crippen molar-refractivity contribution in [2.24, 2.45) is 0 Å². The minimum Gasteiger partial charge on any atom is -0.508 e. The molecule has 3 rings (SSSR count). The molecule has 0 aliphatic carbocycles. The topological polar surface area (TPSA) is 60.9 Å². The van der Waals surface area contributed by atoms with Crippen LogP contribution in [0.25, 0.3) is 0 Å². The monoisotopic (exact) mass is 352 g/mol. The quantitative estimate of drug-likeness (QED) is 0.841. The first-order valence-corrected chi connectivity index (χ1v) is 8.94. The van der Waals surface area contributed by atoms with Gasteiger partial charge < -0.3 is 14.9 Å². The molecule has 26 heavy (non-hydrogen) atoms. The van der Waals surface area contributed by atoms with E-state index < -0.39 is 0 Å². The molecule has 2 aromatic carbocycles. The molecule has 0 unspecified atom stereocenters. The van der Waals surface area contributed by atoms with Crippen molar-refractivity contribution in [1.29, 1.82) is 0 Å². The minimum absolute atomic E-state index is 0.0547. The summed E-state index contributed by atoms with van der Waals surface area (Å²) >= 11 is 0. The first kappa shape index (κ1) is 18.0. The van der Waals surface area contributed by atoms with Gasteiger partial charge in [0.05, 0.1) is 0 Å². The Balaban J connectivity index is 1.47. The molecular formula is C21H24N2O3. The summed E-state index contributed by atoms with van der Waals surface area (Å²) in [7, 11) is 0. The van der Waals surface area contributed by atoms with Crippen LogP contribution in [0.4, 0.5) is 5.69 Å². The van der Waals surface area contributed by atoms with E-state index in [9.17, 15) is 14.7 Å². The van der Waals surface area contributed by atoms with Crippen LogP contribution in [0, 0.1) is 0 Å². The first-order chi connectivity index (χ1) is 12.5. The molecule has 1 saturated heterocycles. The standard InChI is InChI=1S/C21H24N2O3/c1-16(24)18-5-2-17(3-6-18)4-11-21(26)23-14-12-22(13-15-23)19-7-9-20(25)10-8-19/h2-3,5-10,25H,4,11-15H2,1H3. The fourth-order valence-electron chi connectivity index (χ4n) is 3.19. The van der Waals surface area contributed by atoms with Crippen LogP contribution in [0.3, 0.4) is 0 Å². The maximum absolute atomic E-state index is 12.5. The largest absolute Gasteiger partial charge is 0.508 e. The van der Waals surface area contributed by atoms with Crippen LogP contribution in [-0.2, 0) is 11.2 Å². The number of carbonyl (C=O) groups excluding carboxylic acids is 2. The second-order valence-corrected chi connectivity index (χ2v) is 6.64. The van der Waals surface area contributed by atoms with E-state index in [-0.39, 0.29) is 17.4 Å². The van der Waals surface area contributed by atoms with E-state index in [1.165, 1.54) is 0 Å². The molecule has 1 aliphatic heterocycles. The van der Waals surface area contributed by atoms with Gasteiger partial charge in [-0.1, -0.05) is 24.3 Å². The molecule has 136 valence electrons. The summed E-state index contributed by atoms with van der Waals surface area (Å²) < 4.78 is 0. The van der Waals surface area contributed by atoms with Gasteiger partial charge in [-0.15, -0.1) is 0 Å². The molecule has 5 nitrogen and oxygen atoms in total. The third-order valence-corrected chi connectivity index (χ3v) is 4.84. The molecule has 1 fully saturated rings. The Kier molecular flexibility index (Phi) is 5.56. The van der Waals surface area contributed by atoms with Gasteiger partial charge in [-0.25, -0.2) is 0 Å². The molecular weight excluding hydrogens is 328 g/mol. The van der Waals surface area contributed by atoms with E-state index in [4.69, 9.17) is 0 Å². The van der Waals surface area contributed by atoms with Crippen LogP contribution in [0.15, 0.2) is 48.5 Å². The van der Waals surface area contributed by atoms with Gasteiger partial charge in [0.15, 0.2) is 5.78 Å². The highest BCUT2D eigenvalue weighted by Gasteiger charge is 2.21. The average molecular weight is 352 g/mol. The Morgan fingerprint density at radius 1 is 0.923 bits per heavy atom. The molecule has 0 saturated carbocycles. The van der Waals surface area contributed by atoms with Crippen molar-refractivity contribution >= 4 is 17.4 Å². The molecule has 0 aromatic heterocycles. The number of Topliss-reactive ketones (excluding diaryl/α,β-unsaturated/α-hetero) is 1. The number of carbonyl (C=O) groups is 2. The zero-order valence-corrected chi connectivity index (χ0v) is 15.0. The van der Waals surface area contributed by atoms with E-state index in [2.05, 4.69) is 4.90 Å². The summed E-state index contributed by atoms with van der Waals surface area (Å²) in [5.74, 6) is 0.490. The van der Waals surface area contributed by atoms with Crippen LogP contribution >= 0.6 is 0 Å². The second-order valence-electron chi connectivity index (χ2n) is 6.64. The predicted molar refractivity (Wildman–Crippen MR) is 102 cm³/mol.